The number of allylic oxidation sites excluding steroid dienone is 1. The lowest BCUT2D eigenvalue weighted by Crippen LogP contribution is -2.44. The molecule has 5 aromatic carbocycles. The Bertz CT molecular complexity index is 1660. The Morgan fingerprint density at radius 2 is 1.08 bits per heavy atom. The Morgan fingerprint density at radius 3 is 1.67 bits per heavy atom. The standard InChI is InChI=1S/C36H32N2Si/c1-38-35(34-32-19-10-11-20-33(32)39(2,3)36(34)37)28-18-12-17-27(21-28)31-23-29(25-13-6-4-7-14-25)22-30(24-31)26-15-8-5-9-16-26/h4-24,37-38H,1-3H3/b35-34-,37-36?. The molecule has 3 heteroatoms. The molecular weight excluding hydrogens is 488 g/mol. The average Bonchev–Trinajstić information content (AvgIpc) is 3.19. The van der Waals surface area contributed by atoms with E-state index in [-0.39, 0.29) is 0 Å². The molecule has 2 nitrogen and oxygen atoms in total. The fraction of sp³-hybridized carbons (Fsp3) is 0.0833. The van der Waals surface area contributed by atoms with Crippen molar-refractivity contribution in [3.8, 4) is 33.4 Å². The molecule has 6 rings (SSSR count). The Balaban J connectivity index is 1.52. The average molecular weight is 521 g/mol. The van der Waals surface area contributed by atoms with E-state index in [1.807, 2.05) is 7.05 Å². The molecule has 0 fully saturated rings. The molecule has 39 heavy (non-hydrogen) atoms. The normalized spacial score (nSPS) is 15.1. The van der Waals surface area contributed by atoms with Crippen molar-refractivity contribution < 1.29 is 0 Å². The van der Waals surface area contributed by atoms with Gasteiger partial charge >= 0.3 is 0 Å². The smallest absolute Gasteiger partial charge is 0.136 e. The summed E-state index contributed by atoms with van der Waals surface area (Å²) in [5.41, 5.74) is 11.5. The first-order valence-electron chi connectivity index (χ1n) is 13.5. The minimum absolute atomic E-state index is 0.788. The number of nitrogens with one attached hydrogen (secondary N) is 2. The van der Waals surface area contributed by atoms with Gasteiger partial charge in [0.1, 0.15) is 8.07 Å². The van der Waals surface area contributed by atoms with E-state index < -0.39 is 8.07 Å². The van der Waals surface area contributed by atoms with Gasteiger partial charge < -0.3 is 10.7 Å². The summed E-state index contributed by atoms with van der Waals surface area (Å²) in [6.45, 7) is 4.57. The molecule has 0 spiro atoms. The van der Waals surface area contributed by atoms with Gasteiger partial charge in [0.05, 0.1) is 5.70 Å². The molecule has 0 radical (unpaired) electrons. The zero-order chi connectivity index (χ0) is 27.0. The third-order valence-corrected chi connectivity index (χ3v) is 11.2. The van der Waals surface area contributed by atoms with Gasteiger partial charge in [-0.05, 0) is 74.0 Å². The molecule has 0 saturated heterocycles. The summed E-state index contributed by atoms with van der Waals surface area (Å²) in [5.74, 6) is 0. The van der Waals surface area contributed by atoms with Gasteiger partial charge in [0.2, 0.25) is 0 Å². The van der Waals surface area contributed by atoms with E-state index in [1.54, 1.807) is 0 Å². The molecule has 0 saturated carbocycles. The number of fused-ring (bicyclic) bond motifs is 1. The summed E-state index contributed by atoms with van der Waals surface area (Å²) in [5, 5.41) is 14.8. The van der Waals surface area contributed by atoms with Crippen molar-refractivity contribution in [3.63, 3.8) is 0 Å². The fourth-order valence-corrected chi connectivity index (χ4v) is 8.29. The molecule has 5 aromatic rings. The zero-order valence-electron chi connectivity index (χ0n) is 22.6. The molecule has 0 unspecified atom stereocenters. The van der Waals surface area contributed by atoms with Gasteiger partial charge in [0.15, 0.2) is 0 Å². The molecule has 2 N–H and O–H groups in total. The highest BCUT2D eigenvalue weighted by molar-refractivity contribution is 7.20. The van der Waals surface area contributed by atoms with E-state index in [0.717, 1.165) is 27.7 Å². The number of hydrogen-bond acceptors (Lipinski definition) is 2. The Morgan fingerprint density at radius 1 is 0.564 bits per heavy atom. The van der Waals surface area contributed by atoms with Crippen molar-refractivity contribution in [2.75, 3.05) is 7.05 Å². The quantitative estimate of drug-likeness (QED) is 0.225. The Labute approximate surface area is 232 Å². The van der Waals surface area contributed by atoms with E-state index in [0.29, 0.717) is 0 Å². The molecule has 190 valence electrons. The van der Waals surface area contributed by atoms with Crippen LogP contribution in [0.2, 0.25) is 13.1 Å². The van der Waals surface area contributed by atoms with Gasteiger partial charge in [0, 0.05) is 18.0 Å². The maximum atomic E-state index is 9.21. The van der Waals surface area contributed by atoms with E-state index in [4.69, 9.17) is 0 Å². The Hall–Kier alpha value is -4.47. The van der Waals surface area contributed by atoms with Gasteiger partial charge in [-0.3, -0.25) is 0 Å². The van der Waals surface area contributed by atoms with Crippen molar-refractivity contribution in [1.29, 1.82) is 5.41 Å². The van der Waals surface area contributed by atoms with Crippen LogP contribution in [0.15, 0.2) is 127 Å². The van der Waals surface area contributed by atoms with Crippen molar-refractivity contribution in [2.45, 2.75) is 13.1 Å². The van der Waals surface area contributed by atoms with Crippen LogP contribution in [0, 0.1) is 5.41 Å². The van der Waals surface area contributed by atoms with Crippen LogP contribution in [0.3, 0.4) is 0 Å². The molecule has 0 aliphatic carbocycles. The minimum Gasteiger partial charge on any atom is -0.387 e. The summed E-state index contributed by atoms with van der Waals surface area (Å²) in [4.78, 5) is 0. The van der Waals surface area contributed by atoms with Crippen LogP contribution >= 0.6 is 0 Å². The number of benzene rings is 5. The van der Waals surface area contributed by atoms with Gasteiger partial charge in [-0.25, -0.2) is 0 Å². The molecule has 1 aliphatic rings. The van der Waals surface area contributed by atoms with Crippen molar-refractivity contribution in [3.05, 3.63) is 139 Å². The monoisotopic (exact) mass is 520 g/mol. The van der Waals surface area contributed by atoms with E-state index in [9.17, 15) is 5.41 Å². The molecular formula is C36H32N2Si. The predicted molar refractivity (Wildman–Crippen MR) is 170 cm³/mol. The maximum absolute atomic E-state index is 9.21. The van der Waals surface area contributed by atoms with Gasteiger partial charge in [0.25, 0.3) is 0 Å². The summed E-state index contributed by atoms with van der Waals surface area (Å²) >= 11 is 0. The molecule has 0 atom stereocenters. The largest absolute Gasteiger partial charge is 0.387 e. The van der Waals surface area contributed by atoms with Crippen LogP contribution in [0.25, 0.3) is 44.7 Å². The van der Waals surface area contributed by atoms with Crippen LogP contribution in [-0.4, -0.2) is 20.5 Å². The fourth-order valence-electron chi connectivity index (χ4n) is 5.74. The van der Waals surface area contributed by atoms with Crippen LogP contribution in [0.5, 0.6) is 0 Å². The molecule has 0 bridgehead atoms. The van der Waals surface area contributed by atoms with Crippen LogP contribution in [0.1, 0.15) is 11.1 Å². The number of rotatable bonds is 5. The first kappa shape index (κ1) is 24.8. The van der Waals surface area contributed by atoms with Crippen molar-refractivity contribution in [1.82, 2.24) is 5.32 Å². The van der Waals surface area contributed by atoms with Crippen LogP contribution in [0.4, 0.5) is 0 Å². The highest BCUT2D eigenvalue weighted by Crippen LogP contribution is 2.37. The second-order valence-corrected chi connectivity index (χ2v) is 14.9. The Kier molecular flexibility index (Phi) is 6.38. The zero-order valence-corrected chi connectivity index (χ0v) is 23.6. The van der Waals surface area contributed by atoms with Crippen molar-refractivity contribution in [2.24, 2.45) is 0 Å². The van der Waals surface area contributed by atoms with Gasteiger partial charge in [-0.1, -0.05) is 116 Å². The van der Waals surface area contributed by atoms with Gasteiger partial charge in [-0.2, -0.15) is 0 Å². The lowest BCUT2D eigenvalue weighted by atomic mass is 9.92. The third-order valence-electron chi connectivity index (χ3n) is 7.88. The number of hydrogen-bond donors (Lipinski definition) is 2. The summed E-state index contributed by atoms with van der Waals surface area (Å²) < 4.78 is 0. The lowest BCUT2D eigenvalue weighted by Gasteiger charge is -2.18. The highest BCUT2D eigenvalue weighted by atomic mass is 28.3. The predicted octanol–water partition coefficient (Wildman–Crippen LogP) is 8.26. The second kappa shape index (κ2) is 10.0. The SMILES string of the molecule is CN/C(=C1\C(=N)[Si](C)(C)c2ccccc21)c1cccc(-c2cc(-c3ccccc3)cc(-c3ccccc3)c2)c1. The van der Waals surface area contributed by atoms with E-state index in [1.165, 1.54) is 38.6 Å². The third kappa shape index (κ3) is 4.45. The molecule has 0 aromatic heterocycles. The molecule has 1 aliphatic heterocycles. The maximum Gasteiger partial charge on any atom is 0.136 e. The summed E-state index contributed by atoms with van der Waals surface area (Å²) in [7, 11) is -0.0476. The second-order valence-electron chi connectivity index (χ2n) is 10.7. The first-order valence-corrected chi connectivity index (χ1v) is 16.5. The lowest BCUT2D eigenvalue weighted by molar-refractivity contribution is 1.13. The first-order chi connectivity index (χ1) is 19.0. The van der Waals surface area contributed by atoms with Crippen LogP contribution in [-0.2, 0) is 0 Å². The highest BCUT2D eigenvalue weighted by Gasteiger charge is 2.42. The van der Waals surface area contributed by atoms with E-state index in [2.05, 4.69) is 146 Å². The van der Waals surface area contributed by atoms with Crippen LogP contribution < -0.4 is 10.5 Å². The topological polar surface area (TPSA) is 35.9 Å². The van der Waals surface area contributed by atoms with Gasteiger partial charge in [-0.15, -0.1) is 0 Å². The van der Waals surface area contributed by atoms with Crippen molar-refractivity contribution >= 4 is 29.9 Å². The summed E-state index contributed by atoms with van der Waals surface area (Å²) in [6.07, 6.45) is 0. The minimum atomic E-state index is -2.02. The molecule has 0 amide bonds. The molecule has 1 heterocycles. The van der Waals surface area contributed by atoms with E-state index >= 15 is 0 Å². The summed E-state index contributed by atoms with van der Waals surface area (Å²) in [6, 6.07) is 45.4.